The van der Waals surface area contributed by atoms with Gasteiger partial charge < -0.3 is 31.1 Å². The van der Waals surface area contributed by atoms with Gasteiger partial charge in [0.2, 0.25) is 5.91 Å². The molecular formula is C34H36ClF3N6O3. The van der Waals surface area contributed by atoms with Gasteiger partial charge in [-0.2, -0.15) is 8.78 Å². The number of carbonyl (C=O) groups is 1. The summed E-state index contributed by atoms with van der Waals surface area (Å²) >= 11 is 6.93. The Balaban J connectivity index is 1.38. The van der Waals surface area contributed by atoms with Crippen LogP contribution in [0.4, 0.5) is 24.7 Å². The lowest BCUT2D eigenvalue weighted by Gasteiger charge is -2.17. The average Bonchev–Trinajstić information content (AvgIpc) is 3.45. The summed E-state index contributed by atoms with van der Waals surface area (Å²) in [6.07, 6.45) is 3.73. The van der Waals surface area contributed by atoms with E-state index in [4.69, 9.17) is 16.3 Å². The Morgan fingerprint density at radius 1 is 1.06 bits per heavy atom. The molecule has 2 aromatic carbocycles. The van der Waals surface area contributed by atoms with Gasteiger partial charge in [-0.25, -0.2) is 9.37 Å². The van der Waals surface area contributed by atoms with Crippen molar-refractivity contribution in [1.29, 1.82) is 0 Å². The van der Waals surface area contributed by atoms with Crippen molar-refractivity contribution in [2.24, 2.45) is 0 Å². The van der Waals surface area contributed by atoms with Gasteiger partial charge in [-0.15, -0.1) is 0 Å². The van der Waals surface area contributed by atoms with E-state index in [0.29, 0.717) is 64.6 Å². The van der Waals surface area contributed by atoms with E-state index in [2.05, 4.69) is 31.2 Å². The van der Waals surface area contributed by atoms with Crippen LogP contribution in [-0.2, 0) is 17.9 Å². The number of alkyl halides is 2. The summed E-state index contributed by atoms with van der Waals surface area (Å²) in [7, 11) is 0. The van der Waals surface area contributed by atoms with Crippen molar-refractivity contribution in [2.45, 2.75) is 58.5 Å². The monoisotopic (exact) mass is 668 g/mol. The maximum absolute atomic E-state index is 15.3. The molecule has 2 atom stereocenters. The van der Waals surface area contributed by atoms with Crippen LogP contribution in [0, 0.1) is 12.7 Å². The van der Waals surface area contributed by atoms with E-state index in [1.807, 2.05) is 13.0 Å². The summed E-state index contributed by atoms with van der Waals surface area (Å²) in [5, 5.41) is 21.9. The summed E-state index contributed by atoms with van der Waals surface area (Å²) in [5.41, 5.74) is 4.55. The molecule has 0 saturated carbocycles. The second-order valence-electron chi connectivity index (χ2n) is 11.4. The highest BCUT2D eigenvalue weighted by atomic mass is 35.5. The van der Waals surface area contributed by atoms with Gasteiger partial charge in [-0.05, 0) is 55.7 Å². The molecule has 1 aliphatic rings. The van der Waals surface area contributed by atoms with Crippen LogP contribution in [0.3, 0.4) is 0 Å². The van der Waals surface area contributed by atoms with Gasteiger partial charge in [-0.1, -0.05) is 35.9 Å². The Hall–Kier alpha value is -4.23. The van der Waals surface area contributed by atoms with Crippen molar-refractivity contribution in [1.82, 2.24) is 25.9 Å². The van der Waals surface area contributed by atoms with Crippen LogP contribution in [0.15, 0.2) is 60.9 Å². The average molecular weight is 669 g/mol. The van der Waals surface area contributed by atoms with E-state index in [-0.39, 0.29) is 36.6 Å². The fourth-order valence-corrected chi connectivity index (χ4v) is 5.75. The molecule has 0 bridgehead atoms. The summed E-state index contributed by atoms with van der Waals surface area (Å²) in [6.45, 7) is 1.78. The standard InChI is InChI=1S/C34H36ClF3N6O3/c1-19(45)15-39-17-23-10-12-42-33(31(23)36)44-27-5-3-4-25(20(27)2)26-11-13-41-32(30(26)35)21-6-7-22(28(14-21)47-34(37)38)16-40-18-24-8-9-29(46)43-24/h3-7,10-14,19,24,34,39-40,45H,8-9,15-18H2,1-2H3,(H,42,44)(H,43,46)/t19-,24+/m0/s1. The number of aliphatic hydroxyl groups excluding tert-OH is 1. The van der Waals surface area contributed by atoms with Crippen LogP contribution in [-0.4, -0.2) is 52.8 Å². The molecule has 0 radical (unpaired) electrons. The van der Waals surface area contributed by atoms with Crippen molar-refractivity contribution in [3.8, 4) is 28.1 Å². The molecule has 0 spiro atoms. The molecule has 4 aromatic rings. The first-order valence-electron chi connectivity index (χ1n) is 15.2. The van der Waals surface area contributed by atoms with Gasteiger partial charge >= 0.3 is 6.61 Å². The molecule has 5 rings (SSSR count). The number of pyridine rings is 2. The number of anilines is 2. The number of carbonyl (C=O) groups excluding carboxylic acids is 1. The molecule has 3 heterocycles. The lowest BCUT2D eigenvalue weighted by atomic mass is 9.97. The topological polar surface area (TPSA) is 120 Å². The number of hydrogen-bond donors (Lipinski definition) is 5. The van der Waals surface area contributed by atoms with Crippen LogP contribution in [0.2, 0.25) is 5.02 Å². The third kappa shape index (κ3) is 8.58. The van der Waals surface area contributed by atoms with Gasteiger partial charge in [0, 0.05) is 79.0 Å². The SMILES string of the molecule is Cc1c(Nc2nccc(CNC[C@H](C)O)c2F)cccc1-c1ccnc(-c2ccc(CNC[C@H]3CCC(=O)N3)c(OC(F)F)c2)c1Cl. The van der Waals surface area contributed by atoms with Crippen LogP contribution < -0.4 is 26.0 Å². The largest absolute Gasteiger partial charge is 0.434 e. The molecule has 0 unspecified atom stereocenters. The quantitative estimate of drug-likeness (QED) is 0.109. The van der Waals surface area contributed by atoms with Gasteiger partial charge in [0.05, 0.1) is 16.8 Å². The number of amides is 1. The number of nitrogens with zero attached hydrogens (tertiary/aromatic N) is 2. The summed E-state index contributed by atoms with van der Waals surface area (Å²) in [4.78, 5) is 20.1. The highest BCUT2D eigenvalue weighted by molar-refractivity contribution is 6.35. The van der Waals surface area contributed by atoms with Gasteiger partial charge in [0.1, 0.15) is 5.75 Å². The summed E-state index contributed by atoms with van der Waals surface area (Å²) in [5.74, 6) is -0.464. The van der Waals surface area contributed by atoms with Crippen molar-refractivity contribution in [3.05, 3.63) is 88.5 Å². The number of benzene rings is 2. The van der Waals surface area contributed by atoms with Crippen molar-refractivity contribution >= 4 is 29.0 Å². The fourth-order valence-electron chi connectivity index (χ4n) is 5.43. The molecule has 1 aliphatic heterocycles. The zero-order chi connectivity index (χ0) is 33.5. The first-order valence-corrected chi connectivity index (χ1v) is 15.6. The second-order valence-corrected chi connectivity index (χ2v) is 11.7. The molecule has 13 heteroatoms. The highest BCUT2D eigenvalue weighted by Gasteiger charge is 2.21. The first-order chi connectivity index (χ1) is 22.6. The van der Waals surface area contributed by atoms with E-state index in [9.17, 15) is 18.7 Å². The first kappa shape index (κ1) is 34.1. The summed E-state index contributed by atoms with van der Waals surface area (Å²) < 4.78 is 47.0. The molecule has 1 saturated heterocycles. The molecule has 1 amide bonds. The molecule has 5 N–H and O–H groups in total. The summed E-state index contributed by atoms with van der Waals surface area (Å²) in [6, 6.07) is 13.7. The minimum atomic E-state index is -3.04. The minimum absolute atomic E-state index is 0.00196. The number of hydrogen-bond acceptors (Lipinski definition) is 8. The Labute approximate surface area is 275 Å². The fraction of sp³-hybridized carbons (Fsp3) is 0.324. The number of halogens is 4. The number of nitrogens with one attached hydrogen (secondary N) is 4. The number of aliphatic hydroxyl groups is 1. The maximum atomic E-state index is 15.3. The van der Waals surface area contributed by atoms with Gasteiger partial charge in [0.15, 0.2) is 11.6 Å². The third-order valence-electron chi connectivity index (χ3n) is 7.84. The Kier molecular flexibility index (Phi) is 11.3. The molecule has 47 heavy (non-hydrogen) atoms. The van der Waals surface area contributed by atoms with E-state index in [1.165, 1.54) is 12.3 Å². The smallest absolute Gasteiger partial charge is 0.387 e. The minimum Gasteiger partial charge on any atom is -0.434 e. The highest BCUT2D eigenvalue weighted by Crippen LogP contribution is 2.39. The van der Waals surface area contributed by atoms with Crippen LogP contribution in [0.5, 0.6) is 5.75 Å². The Bertz CT molecular complexity index is 1730. The second kappa shape index (κ2) is 15.6. The lowest BCUT2D eigenvalue weighted by molar-refractivity contribution is -0.119. The molecule has 248 valence electrons. The molecule has 1 fully saturated rings. The number of ether oxygens (including phenoxy) is 1. The van der Waals surface area contributed by atoms with Crippen molar-refractivity contribution in [2.75, 3.05) is 18.4 Å². The molecule has 2 aromatic heterocycles. The number of rotatable bonds is 14. The Morgan fingerprint density at radius 2 is 1.85 bits per heavy atom. The lowest BCUT2D eigenvalue weighted by Crippen LogP contribution is -2.35. The predicted molar refractivity (Wildman–Crippen MR) is 175 cm³/mol. The van der Waals surface area contributed by atoms with Crippen LogP contribution >= 0.6 is 11.6 Å². The van der Waals surface area contributed by atoms with Gasteiger partial charge in [0.25, 0.3) is 0 Å². The molecule has 9 nitrogen and oxygen atoms in total. The zero-order valence-electron chi connectivity index (χ0n) is 25.9. The van der Waals surface area contributed by atoms with E-state index < -0.39 is 18.5 Å². The molecular weight excluding hydrogens is 633 g/mol. The number of aromatic nitrogens is 2. The molecule has 0 aliphatic carbocycles. The van der Waals surface area contributed by atoms with Crippen LogP contribution in [0.1, 0.15) is 36.5 Å². The normalized spacial score (nSPS) is 15.1. The van der Waals surface area contributed by atoms with E-state index in [0.717, 1.165) is 11.1 Å². The van der Waals surface area contributed by atoms with Crippen molar-refractivity contribution in [3.63, 3.8) is 0 Å². The predicted octanol–water partition coefficient (Wildman–Crippen LogP) is 6.10. The third-order valence-corrected chi connectivity index (χ3v) is 8.22. The zero-order valence-corrected chi connectivity index (χ0v) is 26.7. The van der Waals surface area contributed by atoms with Crippen LogP contribution in [0.25, 0.3) is 22.4 Å². The maximum Gasteiger partial charge on any atom is 0.387 e. The van der Waals surface area contributed by atoms with E-state index >= 15 is 4.39 Å². The van der Waals surface area contributed by atoms with E-state index in [1.54, 1.807) is 49.5 Å². The van der Waals surface area contributed by atoms with Gasteiger partial charge in [-0.3, -0.25) is 9.78 Å². The van der Waals surface area contributed by atoms with Crippen molar-refractivity contribution < 1.29 is 27.8 Å². The Morgan fingerprint density at radius 3 is 2.60 bits per heavy atom.